The summed E-state index contributed by atoms with van der Waals surface area (Å²) >= 11 is 0. The number of likely N-dealkylation sites (tertiary alicyclic amines) is 1. The Labute approximate surface area is 260 Å². The van der Waals surface area contributed by atoms with Gasteiger partial charge in [0.2, 0.25) is 10.0 Å². The molecule has 0 amide bonds. The lowest BCUT2D eigenvalue weighted by Crippen LogP contribution is -2.50. The van der Waals surface area contributed by atoms with Crippen LogP contribution in [0.4, 0.5) is 0 Å². The van der Waals surface area contributed by atoms with Crippen LogP contribution < -0.4 is 5.32 Å². The van der Waals surface area contributed by atoms with Crippen molar-refractivity contribution in [3.63, 3.8) is 0 Å². The van der Waals surface area contributed by atoms with Gasteiger partial charge in [-0.2, -0.15) is 4.31 Å². The van der Waals surface area contributed by atoms with Crippen molar-refractivity contribution in [2.75, 3.05) is 19.6 Å². The number of hydrogen-bond donors (Lipinski definition) is 3. The van der Waals surface area contributed by atoms with Crippen LogP contribution in [0.1, 0.15) is 43.2 Å². The maximum atomic E-state index is 13.8. The van der Waals surface area contributed by atoms with Gasteiger partial charge in [0.25, 0.3) is 0 Å². The van der Waals surface area contributed by atoms with Crippen LogP contribution in [0.25, 0.3) is 0 Å². The van der Waals surface area contributed by atoms with Crippen molar-refractivity contribution in [3.8, 4) is 0 Å². The summed E-state index contributed by atoms with van der Waals surface area (Å²) in [5, 5.41) is 22.8. The number of rotatable bonds is 10. The molecule has 0 radical (unpaired) electrons. The summed E-state index contributed by atoms with van der Waals surface area (Å²) in [7, 11) is -3.74. The van der Waals surface area contributed by atoms with Gasteiger partial charge in [-0.05, 0) is 67.5 Å². The Kier molecular flexibility index (Phi) is 12.2. The third-order valence-electron chi connectivity index (χ3n) is 9.01. The summed E-state index contributed by atoms with van der Waals surface area (Å²) in [6.45, 7) is 1.85. The second kappa shape index (κ2) is 15.0. The molecule has 3 N–H and O–H groups in total. The predicted molar refractivity (Wildman–Crippen MR) is 165 cm³/mol. The molecule has 2 heterocycles. The normalized spacial score (nSPS) is 27.8. The van der Waals surface area contributed by atoms with Gasteiger partial charge in [0.1, 0.15) is 12.1 Å². The van der Waals surface area contributed by atoms with E-state index in [0.29, 0.717) is 43.5 Å². The largest absolute Gasteiger partial charge is 0.480 e. The molecule has 12 heteroatoms. The summed E-state index contributed by atoms with van der Waals surface area (Å²) in [6, 6.07) is 16.8. The van der Waals surface area contributed by atoms with Crippen LogP contribution in [-0.4, -0.2) is 77.5 Å². The SMILES string of the molecule is Cl.Cl.O=C(O)[C@@H]1C[C@H]2C[C@@H](CN3C[C@@H](N(Cc4ccccc4)S(=O)(=O)Cc4ccccc4)C[C@H]3C(=O)O)CC[C@H]2CN1. The molecule has 0 unspecified atom stereocenters. The van der Waals surface area contributed by atoms with Crippen molar-refractivity contribution in [1.29, 1.82) is 0 Å². The van der Waals surface area contributed by atoms with Crippen molar-refractivity contribution in [2.24, 2.45) is 17.8 Å². The number of nitrogens with zero attached hydrogens (tertiary/aromatic N) is 2. The molecule has 0 bridgehead atoms. The molecule has 3 aliphatic rings. The number of sulfonamides is 1. The zero-order chi connectivity index (χ0) is 28.3. The molecule has 5 rings (SSSR count). The Balaban J connectivity index is 0.00000242. The Hall–Kier alpha value is -2.21. The molecule has 9 nitrogen and oxygen atoms in total. The molecule has 42 heavy (non-hydrogen) atoms. The van der Waals surface area contributed by atoms with E-state index in [0.717, 1.165) is 24.8 Å². The highest BCUT2D eigenvalue weighted by Gasteiger charge is 2.45. The molecule has 0 spiro atoms. The Morgan fingerprint density at radius 3 is 2.12 bits per heavy atom. The molecule has 2 aromatic rings. The quantitative estimate of drug-likeness (QED) is 0.357. The van der Waals surface area contributed by atoms with Gasteiger partial charge in [-0.1, -0.05) is 60.7 Å². The standard InChI is InChI=1S/C30H39N3O6S.2ClH/c34-29(35)27-14-25-13-23(11-12-24(25)16-31-27)17-32-19-26(15-28(32)30(36)37)33(18-21-7-3-1-4-8-21)40(38,39)20-22-9-5-2-6-10-22;;/h1-10,23-28,31H,11-20H2,(H,34,35)(H,36,37);2*1H/t23-,24-,25+,26-,27-,28-;;/m0../s1. The minimum absolute atomic E-state index is 0. The van der Waals surface area contributed by atoms with E-state index in [4.69, 9.17) is 0 Å². The van der Waals surface area contributed by atoms with Crippen molar-refractivity contribution in [2.45, 2.75) is 62.5 Å². The lowest BCUT2D eigenvalue weighted by atomic mass is 9.69. The number of carboxylic acids is 2. The molecular weight excluding hydrogens is 601 g/mol. The fraction of sp³-hybridized carbons (Fsp3) is 0.533. The minimum Gasteiger partial charge on any atom is -0.480 e. The summed E-state index contributed by atoms with van der Waals surface area (Å²) < 4.78 is 29.1. The fourth-order valence-corrected chi connectivity index (χ4v) is 8.71. The molecule has 2 aliphatic heterocycles. The first-order valence-electron chi connectivity index (χ1n) is 14.2. The van der Waals surface area contributed by atoms with Crippen molar-refractivity contribution < 1.29 is 28.2 Å². The van der Waals surface area contributed by atoms with Crippen LogP contribution in [0, 0.1) is 17.8 Å². The van der Waals surface area contributed by atoms with Gasteiger partial charge < -0.3 is 15.5 Å². The van der Waals surface area contributed by atoms with E-state index in [1.54, 1.807) is 12.1 Å². The van der Waals surface area contributed by atoms with Crippen LogP contribution in [0.15, 0.2) is 60.7 Å². The summed E-state index contributed by atoms with van der Waals surface area (Å²) in [6.07, 6.45) is 3.68. The topological polar surface area (TPSA) is 127 Å². The number of carbonyl (C=O) groups is 2. The number of nitrogens with one attached hydrogen (secondary N) is 1. The zero-order valence-electron chi connectivity index (χ0n) is 23.5. The number of piperidine rings is 1. The fourth-order valence-electron chi connectivity index (χ4n) is 6.98. The van der Waals surface area contributed by atoms with E-state index in [-0.39, 0.29) is 49.5 Å². The Morgan fingerprint density at radius 2 is 1.50 bits per heavy atom. The second-order valence-corrected chi connectivity index (χ2v) is 13.6. The highest BCUT2D eigenvalue weighted by atomic mass is 35.5. The highest BCUT2D eigenvalue weighted by molar-refractivity contribution is 7.88. The maximum absolute atomic E-state index is 13.8. The van der Waals surface area contributed by atoms with E-state index in [1.807, 2.05) is 53.4 Å². The molecule has 2 aromatic carbocycles. The summed E-state index contributed by atoms with van der Waals surface area (Å²) in [4.78, 5) is 25.9. The van der Waals surface area contributed by atoms with Crippen LogP contribution in [0.2, 0.25) is 0 Å². The van der Waals surface area contributed by atoms with Gasteiger partial charge >= 0.3 is 11.9 Å². The van der Waals surface area contributed by atoms with Crippen molar-refractivity contribution in [3.05, 3.63) is 71.8 Å². The van der Waals surface area contributed by atoms with E-state index in [9.17, 15) is 28.2 Å². The van der Waals surface area contributed by atoms with Crippen molar-refractivity contribution >= 4 is 46.8 Å². The molecule has 1 aliphatic carbocycles. The van der Waals surface area contributed by atoms with E-state index in [1.165, 1.54) is 4.31 Å². The number of hydrogen-bond acceptors (Lipinski definition) is 6. The number of halogens is 2. The third-order valence-corrected chi connectivity index (χ3v) is 10.8. The van der Waals surface area contributed by atoms with Gasteiger partial charge in [-0.3, -0.25) is 14.5 Å². The lowest BCUT2D eigenvalue weighted by Gasteiger charge is -2.42. The smallest absolute Gasteiger partial charge is 0.320 e. The second-order valence-electron chi connectivity index (χ2n) is 11.7. The lowest BCUT2D eigenvalue weighted by molar-refractivity contribution is -0.143. The van der Waals surface area contributed by atoms with Crippen molar-refractivity contribution in [1.82, 2.24) is 14.5 Å². The molecule has 2 saturated heterocycles. The van der Waals surface area contributed by atoms with E-state index >= 15 is 0 Å². The van der Waals surface area contributed by atoms with Gasteiger partial charge in [-0.25, -0.2) is 8.42 Å². The van der Waals surface area contributed by atoms with Gasteiger partial charge in [0.15, 0.2) is 0 Å². The van der Waals surface area contributed by atoms with Gasteiger partial charge in [0, 0.05) is 25.7 Å². The first-order valence-corrected chi connectivity index (χ1v) is 15.8. The molecule has 3 fully saturated rings. The summed E-state index contributed by atoms with van der Waals surface area (Å²) in [5.41, 5.74) is 1.56. The molecule has 0 aromatic heterocycles. The average Bonchev–Trinajstić information content (AvgIpc) is 3.35. The van der Waals surface area contributed by atoms with E-state index < -0.39 is 40.1 Å². The van der Waals surface area contributed by atoms with Crippen LogP contribution in [-0.2, 0) is 31.9 Å². The molecule has 1 saturated carbocycles. The number of aliphatic carboxylic acids is 2. The highest BCUT2D eigenvalue weighted by Crippen LogP contribution is 2.40. The zero-order valence-corrected chi connectivity index (χ0v) is 25.9. The monoisotopic (exact) mass is 641 g/mol. The Morgan fingerprint density at radius 1 is 0.857 bits per heavy atom. The third kappa shape index (κ3) is 8.24. The molecule has 6 atom stereocenters. The molecular formula is C30H41Cl2N3O6S. The van der Waals surface area contributed by atoms with Gasteiger partial charge in [0.05, 0.1) is 5.75 Å². The van der Waals surface area contributed by atoms with Crippen LogP contribution in [0.3, 0.4) is 0 Å². The van der Waals surface area contributed by atoms with Gasteiger partial charge in [-0.15, -0.1) is 24.8 Å². The predicted octanol–water partition coefficient (Wildman–Crippen LogP) is 3.87. The first kappa shape index (κ1) is 34.3. The van der Waals surface area contributed by atoms with Crippen LogP contribution >= 0.6 is 24.8 Å². The summed E-state index contributed by atoms with van der Waals surface area (Å²) in [5.74, 6) is -0.855. The number of fused-ring (bicyclic) bond motifs is 1. The van der Waals surface area contributed by atoms with Crippen LogP contribution in [0.5, 0.6) is 0 Å². The molecule has 232 valence electrons. The van der Waals surface area contributed by atoms with E-state index in [2.05, 4.69) is 5.32 Å². The minimum atomic E-state index is -3.74. The first-order chi connectivity index (χ1) is 19.2. The Bertz CT molecular complexity index is 1290. The average molecular weight is 643 g/mol. The maximum Gasteiger partial charge on any atom is 0.320 e. The number of benzene rings is 2. The number of carboxylic acid groups (broad SMARTS) is 2.